The first-order chi connectivity index (χ1) is 5.74. The molecule has 0 aliphatic carbocycles. The van der Waals surface area contributed by atoms with Crippen molar-refractivity contribution in [2.75, 3.05) is 5.75 Å². The van der Waals surface area contributed by atoms with Crippen molar-refractivity contribution in [3.63, 3.8) is 0 Å². The number of thiol groups is 1. The molecule has 1 aromatic heterocycles. The molecule has 0 unspecified atom stereocenters. The van der Waals surface area contributed by atoms with Crippen molar-refractivity contribution in [3.8, 4) is 11.8 Å². The van der Waals surface area contributed by atoms with Gasteiger partial charge in [-0.1, -0.05) is 5.92 Å². The van der Waals surface area contributed by atoms with E-state index >= 15 is 0 Å². The number of pyridine rings is 1. The molecule has 0 N–H and O–H groups in total. The Kier molecular flexibility index (Phi) is 3.12. The Bertz CT molecular complexity index is 338. The molecule has 0 saturated carbocycles. The third-order valence-corrected chi connectivity index (χ3v) is 1.43. The number of rotatable bonds is 0. The Morgan fingerprint density at radius 2 is 2.33 bits per heavy atom. The second-order valence-corrected chi connectivity index (χ2v) is 2.56. The minimum absolute atomic E-state index is 0.198. The summed E-state index contributed by atoms with van der Waals surface area (Å²) in [5.74, 6) is 5.27. The topological polar surface area (TPSA) is 12.9 Å². The molecule has 1 aromatic rings. The van der Waals surface area contributed by atoms with Gasteiger partial charge < -0.3 is 0 Å². The highest BCUT2D eigenvalue weighted by Gasteiger charge is 1.98. The second-order valence-electron chi connectivity index (χ2n) is 2.24. The van der Waals surface area contributed by atoms with Crippen molar-refractivity contribution in [1.82, 2.24) is 4.98 Å². The van der Waals surface area contributed by atoms with E-state index in [9.17, 15) is 4.39 Å². The molecule has 0 aliphatic rings. The van der Waals surface area contributed by atoms with Crippen molar-refractivity contribution < 1.29 is 4.39 Å². The Labute approximate surface area is 76.4 Å². The lowest BCUT2D eigenvalue weighted by molar-refractivity contribution is 0.616. The molecule has 62 valence electrons. The SMILES string of the molecule is Cc1ccc(F)c(C#CCS)n1. The zero-order valence-electron chi connectivity index (χ0n) is 6.63. The van der Waals surface area contributed by atoms with Crippen LogP contribution in [0.5, 0.6) is 0 Å². The quantitative estimate of drug-likeness (QED) is 0.476. The summed E-state index contributed by atoms with van der Waals surface area (Å²) in [4.78, 5) is 3.93. The molecule has 0 atom stereocenters. The third kappa shape index (κ3) is 2.24. The van der Waals surface area contributed by atoms with Gasteiger partial charge in [-0.2, -0.15) is 12.6 Å². The maximum atomic E-state index is 12.9. The summed E-state index contributed by atoms with van der Waals surface area (Å²) in [6, 6.07) is 2.98. The molecule has 0 aliphatic heterocycles. The molecule has 1 nitrogen and oxygen atoms in total. The van der Waals surface area contributed by atoms with Gasteiger partial charge in [-0.15, -0.1) is 0 Å². The van der Waals surface area contributed by atoms with Crippen molar-refractivity contribution in [2.24, 2.45) is 0 Å². The Morgan fingerprint density at radius 1 is 1.58 bits per heavy atom. The average Bonchev–Trinajstić information content (AvgIpc) is 2.07. The van der Waals surface area contributed by atoms with E-state index in [0.29, 0.717) is 5.75 Å². The van der Waals surface area contributed by atoms with Crippen LogP contribution in [0.25, 0.3) is 0 Å². The van der Waals surface area contributed by atoms with Crippen LogP contribution in [0.2, 0.25) is 0 Å². The van der Waals surface area contributed by atoms with E-state index in [4.69, 9.17) is 0 Å². The highest BCUT2D eigenvalue weighted by molar-refractivity contribution is 7.80. The average molecular weight is 181 g/mol. The predicted molar refractivity (Wildman–Crippen MR) is 49.7 cm³/mol. The van der Waals surface area contributed by atoms with Crippen molar-refractivity contribution in [2.45, 2.75) is 6.92 Å². The fourth-order valence-electron chi connectivity index (χ4n) is 0.751. The molecule has 1 heterocycles. The zero-order valence-corrected chi connectivity index (χ0v) is 7.53. The van der Waals surface area contributed by atoms with Crippen LogP contribution in [-0.4, -0.2) is 10.7 Å². The number of aryl methyl sites for hydroxylation is 1. The van der Waals surface area contributed by atoms with Crippen LogP contribution < -0.4 is 0 Å². The first kappa shape index (κ1) is 9.08. The van der Waals surface area contributed by atoms with Crippen LogP contribution in [0.4, 0.5) is 4.39 Å². The smallest absolute Gasteiger partial charge is 0.157 e. The highest BCUT2D eigenvalue weighted by Crippen LogP contribution is 2.03. The lowest BCUT2D eigenvalue weighted by atomic mass is 10.3. The number of aromatic nitrogens is 1. The van der Waals surface area contributed by atoms with E-state index in [-0.39, 0.29) is 11.5 Å². The van der Waals surface area contributed by atoms with Crippen molar-refractivity contribution in [1.29, 1.82) is 0 Å². The summed E-state index contributed by atoms with van der Waals surface area (Å²) >= 11 is 3.89. The van der Waals surface area contributed by atoms with Gasteiger partial charge in [0.25, 0.3) is 0 Å². The summed E-state index contributed by atoms with van der Waals surface area (Å²) in [6.07, 6.45) is 0. The Balaban J connectivity index is 3.05. The number of nitrogens with zero attached hydrogens (tertiary/aromatic N) is 1. The van der Waals surface area contributed by atoms with Gasteiger partial charge in [-0.25, -0.2) is 9.37 Å². The van der Waals surface area contributed by atoms with Gasteiger partial charge in [0.2, 0.25) is 0 Å². The van der Waals surface area contributed by atoms with Crippen molar-refractivity contribution >= 4 is 12.6 Å². The predicted octanol–water partition coefficient (Wildman–Crippen LogP) is 1.81. The minimum Gasteiger partial charge on any atom is -0.242 e. The Hall–Kier alpha value is -1.01. The highest BCUT2D eigenvalue weighted by atomic mass is 32.1. The standard InChI is InChI=1S/C9H8FNS/c1-7-4-5-8(10)9(11-7)3-2-6-12/h4-5,12H,6H2,1H3. The largest absolute Gasteiger partial charge is 0.242 e. The molecule has 0 radical (unpaired) electrons. The molecule has 0 bridgehead atoms. The van der Waals surface area contributed by atoms with Crippen molar-refractivity contribution in [3.05, 3.63) is 29.3 Å². The van der Waals surface area contributed by atoms with E-state index in [2.05, 4.69) is 29.5 Å². The molecule has 3 heteroatoms. The number of hydrogen-bond acceptors (Lipinski definition) is 2. The van der Waals surface area contributed by atoms with E-state index in [0.717, 1.165) is 5.69 Å². The van der Waals surface area contributed by atoms with E-state index in [1.54, 1.807) is 13.0 Å². The van der Waals surface area contributed by atoms with Gasteiger partial charge in [-0.3, -0.25) is 0 Å². The van der Waals surface area contributed by atoms with E-state index in [1.807, 2.05) is 0 Å². The first-order valence-electron chi connectivity index (χ1n) is 3.47. The van der Waals surface area contributed by atoms with Crippen LogP contribution in [0.15, 0.2) is 12.1 Å². The third-order valence-electron chi connectivity index (χ3n) is 1.27. The van der Waals surface area contributed by atoms with Crippen LogP contribution >= 0.6 is 12.6 Å². The fraction of sp³-hybridized carbons (Fsp3) is 0.222. The summed E-state index contributed by atoms with van der Waals surface area (Å²) in [6.45, 7) is 1.80. The second kappa shape index (κ2) is 4.13. The summed E-state index contributed by atoms with van der Waals surface area (Å²) < 4.78 is 12.9. The molecular weight excluding hydrogens is 173 g/mol. The lowest BCUT2D eigenvalue weighted by Crippen LogP contribution is -1.91. The minimum atomic E-state index is -0.380. The molecule has 0 spiro atoms. The summed E-state index contributed by atoms with van der Waals surface area (Å²) in [5.41, 5.74) is 0.962. The van der Waals surface area contributed by atoms with Crippen LogP contribution in [0.1, 0.15) is 11.4 Å². The van der Waals surface area contributed by atoms with Gasteiger partial charge in [0.1, 0.15) is 5.69 Å². The molecule has 0 aromatic carbocycles. The number of hydrogen-bond donors (Lipinski definition) is 1. The van der Waals surface area contributed by atoms with Crippen LogP contribution in [0.3, 0.4) is 0 Å². The zero-order chi connectivity index (χ0) is 8.97. The molecule has 0 fully saturated rings. The molecular formula is C9H8FNS. The fourth-order valence-corrected chi connectivity index (χ4v) is 0.830. The van der Waals surface area contributed by atoms with Crippen LogP contribution in [-0.2, 0) is 0 Å². The molecule has 12 heavy (non-hydrogen) atoms. The van der Waals surface area contributed by atoms with Gasteiger partial charge >= 0.3 is 0 Å². The monoisotopic (exact) mass is 181 g/mol. The van der Waals surface area contributed by atoms with Gasteiger partial charge in [-0.05, 0) is 25.0 Å². The Morgan fingerprint density at radius 3 is 3.00 bits per heavy atom. The van der Waals surface area contributed by atoms with E-state index in [1.165, 1.54) is 6.07 Å². The first-order valence-corrected chi connectivity index (χ1v) is 4.10. The summed E-state index contributed by atoms with van der Waals surface area (Å²) in [7, 11) is 0. The van der Waals surface area contributed by atoms with E-state index < -0.39 is 0 Å². The molecule has 0 saturated heterocycles. The number of halogens is 1. The van der Waals surface area contributed by atoms with Crippen LogP contribution in [0, 0.1) is 24.6 Å². The maximum Gasteiger partial charge on any atom is 0.157 e. The maximum absolute atomic E-state index is 12.9. The van der Waals surface area contributed by atoms with Gasteiger partial charge in [0.15, 0.2) is 5.82 Å². The molecule has 1 rings (SSSR count). The lowest BCUT2D eigenvalue weighted by Gasteiger charge is -1.94. The van der Waals surface area contributed by atoms with Gasteiger partial charge in [0, 0.05) is 5.69 Å². The normalized spacial score (nSPS) is 8.92. The molecule has 0 amide bonds. The van der Waals surface area contributed by atoms with Gasteiger partial charge in [0.05, 0.1) is 5.75 Å². The summed E-state index contributed by atoms with van der Waals surface area (Å²) in [5, 5.41) is 0.